The summed E-state index contributed by atoms with van der Waals surface area (Å²) in [7, 11) is 0. The molecule has 1 heterocycles. The first-order valence-corrected chi connectivity index (χ1v) is 8.39. The molecule has 128 valence electrons. The van der Waals surface area contributed by atoms with Crippen molar-refractivity contribution >= 4 is 23.0 Å². The maximum Gasteiger partial charge on any atom is 0.340 e. The SMILES string of the molecule is CCCCc1ncc(C=O)n1COC(=O)c1cccc2ccccc12. The largest absolute Gasteiger partial charge is 0.440 e. The molecule has 0 aliphatic carbocycles. The lowest BCUT2D eigenvalue weighted by atomic mass is 10.1. The number of esters is 1. The highest BCUT2D eigenvalue weighted by Gasteiger charge is 2.14. The third kappa shape index (κ3) is 3.60. The molecule has 0 aliphatic rings. The van der Waals surface area contributed by atoms with E-state index >= 15 is 0 Å². The van der Waals surface area contributed by atoms with Crippen LogP contribution >= 0.6 is 0 Å². The minimum atomic E-state index is -0.413. The molecule has 0 fully saturated rings. The minimum Gasteiger partial charge on any atom is -0.440 e. The fourth-order valence-electron chi connectivity index (χ4n) is 2.81. The number of imidazole rings is 1. The molecule has 25 heavy (non-hydrogen) atoms. The molecule has 0 atom stereocenters. The monoisotopic (exact) mass is 336 g/mol. The van der Waals surface area contributed by atoms with Crippen LogP contribution in [-0.2, 0) is 17.9 Å². The topological polar surface area (TPSA) is 61.2 Å². The van der Waals surface area contributed by atoms with Crippen molar-refractivity contribution in [3.05, 3.63) is 65.7 Å². The molecule has 0 amide bonds. The first-order valence-electron chi connectivity index (χ1n) is 8.39. The third-order valence-corrected chi connectivity index (χ3v) is 4.18. The molecule has 2 aromatic carbocycles. The minimum absolute atomic E-state index is 0.0187. The van der Waals surface area contributed by atoms with Gasteiger partial charge in [0.15, 0.2) is 13.0 Å². The number of benzene rings is 2. The number of unbranched alkanes of at least 4 members (excludes halogenated alkanes) is 1. The summed E-state index contributed by atoms with van der Waals surface area (Å²) >= 11 is 0. The number of nitrogens with zero attached hydrogens (tertiary/aromatic N) is 2. The second-order valence-electron chi connectivity index (χ2n) is 5.84. The van der Waals surface area contributed by atoms with Crippen LogP contribution in [0.5, 0.6) is 0 Å². The van der Waals surface area contributed by atoms with Crippen LogP contribution < -0.4 is 0 Å². The highest BCUT2D eigenvalue weighted by atomic mass is 16.5. The van der Waals surface area contributed by atoms with Crippen LogP contribution in [0.4, 0.5) is 0 Å². The van der Waals surface area contributed by atoms with E-state index in [1.807, 2.05) is 36.4 Å². The van der Waals surface area contributed by atoms with E-state index in [4.69, 9.17) is 4.74 Å². The van der Waals surface area contributed by atoms with Gasteiger partial charge in [0.05, 0.1) is 11.8 Å². The number of rotatable bonds is 7. The van der Waals surface area contributed by atoms with Crippen LogP contribution in [0.3, 0.4) is 0 Å². The Morgan fingerprint density at radius 3 is 2.80 bits per heavy atom. The standard InChI is InChI=1S/C20H20N2O3/c1-2-3-11-19-21-12-16(13-23)22(19)14-25-20(24)18-10-6-8-15-7-4-5-9-17(15)18/h4-10,12-13H,2-3,11,14H2,1H3. The fraction of sp³-hybridized carbons (Fsp3) is 0.250. The maximum atomic E-state index is 12.5. The lowest BCUT2D eigenvalue weighted by Crippen LogP contribution is -2.14. The van der Waals surface area contributed by atoms with Crippen LogP contribution in [0.25, 0.3) is 10.8 Å². The molecule has 0 unspecified atom stereocenters. The number of fused-ring (bicyclic) bond motifs is 1. The average Bonchev–Trinajstić information content (AvgIpc) is 3.05. The van der Waals surface area contributed by atoms with Gasteiger partial charge >= 0.3 is 5.97 Å². The first kappa shape index (κ1) is 16.9. The van der Waals surface area contributed by atoms with Crippen molar-refractivity contribution in [1.82, 2.24) is 9.55 Å². The zero-order valence-electron chi connectivity index (χ0n) is 14.1. The Balaban J connectivity index is 1.80. The summed E-state index contributed by atoms with van der Waals surface area (Å²) < 4.78 is 7.13. The van der Waals surface area contributed by atoms with Crippen LogP contribution in [0.1, 0.15) is 46.4 Å². The van der Waals surface area contributed by atoms with E-state index in [0.717, 1.165) is 42.1 Å². The molecular formula is C20H20N2O3. The molecule has 0 spiro atoms. The van der Waals surface area contributed by atoms with E-state index in [1.165, 1.54) is 6.20 Å². The zero-order valence-corrected chi connectivity index (χ0v) is 14.1. The number of ether oxygens (including phenoxy) is 1. The highest BCUT2D eigenvalue weighted by molar-refractivity contribution is 6.04. The first-order chi connectivity index (χ1) is 12.2. The fourth-order valence-corrected chi connectivity index (χ4v) is 2.81. The Kier molecular flexibility index (Phi) is 5.23. The van der Waals surface area contributed by atoms with Crippen LogP contribution in [0, 0.1) is 0 Å². The summed E-state index contributed by atoms with van der Waals surface area (Å²) in [5.74, 6) is 0.346. The van der Waals surface area contributed by atoms with Crippen molar-refractivity contribution in [2.45, 2.75) is 32.9 Å². The summed E-state index contributed by atoms with van der Waals surface area (Å²) in [5.41, 5.74) is 0.929. The Bertz CT molecular complexity index is 894. The summed E-state index contributed by atoms with van der Waals surface area (Å²) in [4.78, 5) is 28.0. The Morgan fingerprint density at radius 2 is 2.00 bits per heavy atom. The van der Waals surface area contributed by atoms with Crippen molar-refractivity contribution < 1.29 is 14.3 Å². The van der Waals surface area contributed by atoms with E-state index in [2.05, 4.69) is 11.9 Å². The molecule has 0 bridgehead atoms. The van der Waals surface area contributed by atoms with Crippen LogP contribution in [-0.4, -0.2) is 21.8 Å². The molecule has 1 aromatic heterocycles. The van der Waals surface area contributed by atoms with Gasteiger partial charge < -0.3 is 4.74 Å². The average molecular weight is 336 g/mol. The molecule has 3 rings (SSSR count). The van der Waals surface area contributed by atoms with Crippen LogP contribution in [0.2, 0.25) is 0 Å². The van der Waals surface area contributed by atoms with Crippen molar-refractivity contribution in [3.8, 4) is 0 Å². The molecule has 0 aliphatic heterocycles. The quantitative estimate of drug-likeness (QED) is 0.483. The molecule has 0 radical (unpaired) electrons. The number of carbonyl (C=O) groups is 2. The lowest BCUT2D eigenvalue weighted by molar-refractivity contribution is 0.0365. The van der Waals surface area contributed by atoms with E-state index in [1.54, 1.807) is 10.6 Å². The van der Waals surface area contributed by atoms with Gasteiger partial charge in [-0.25, -0.2) is 9.78 Å². The van der Waals surface area contributed by atoms with Crippen molar-refractivity contribution in [2.24, 2.45) is 0 Å². The highest BCUT2D eigenvalue weighted by Crippen LogP contribution is 2.19. The van der Waals surface area contributed by atoms with E-state index in [-0.39, 0.29) is 6.73 Å². The van der Waals surface area contributed by atoms with E-state index < -0.39 is 5.97 Å². The van der Waals surface area contributed by atoms with Gasteiger partial charge in [0.2, 0.25) is 0 Å². The number of aldehydes is 1. The smallest absolute Gasteiger partial charge is 0.340 e. The Labute approximate surface area is 146 Å². The maximum absolute atomic E-state index is 12.5. The van der Waals surface area contributed by atoms with Crippen molar-refractivity contribution in [1.29, 1.82) is 0 Å². The molecule has 0 saturated heterocycles. The Morgan fingerprint density at radius 1 is 1.20 bits per heavy atom. The predicted octanol–water partition coefficient (Wildman–Crippen LogP) is 4.01. The second kappa shape index (κ2) is 7.75. The van der Waals surface area contributed by atoms with Gasteiger partial charge in [-0.05, 0) is 23.3 Å². The van der Waals surface area contributed by atoms with Gasteiger partial charge in [-0.3, -0.25) is 9.36 Å². The number of carbonyl (C=O) groups excluding carboxylic acids is 2. The summed E-state index contributed by atoms with van der Waals surface area (Å²) in [5, 5.41) is 1.83. The molecular weight excluding hydrogens is 316 g/mol. The normalized spacial score (nSPS) is 10.8. The summed E-state index contributed by atoms with van der Waals surface area (Å²) in [6.45, 7) is 2.07. The number of aromatic nitrogens is 2. The predicted molar refractivity (Wildman–Crippen MR) is 95.6 cm³/mol. The molecule has 0 N–H and O–H groups in total. The van der Waals surface area contributed by atoms with Crippen LogP contribution in [0.15, 0.2) is 48.7 Å². The van der Waals surface area contributed by atoms with Gasteiger partial charge in [-0.15, -0.1) is 0 Å². The zero-order chi connectivity index (χ0) is 17.6. The van der Waals surface area contributed by atoms with Gasteiger partial charge in [0.1, 0.15) is 11.5 Å². The molecule has 3 aromatic rings. The third-order valence-electron chi connectivity index (χ3n) is 4.18. The summed E-state index contributed by atoms with van der Waals surface area (Å²) in [6, 6.07) is 13.2. The van der Waals surface area contributed by atoms with Gasteiger partial charge in [-0.1, -0.05) is 49.7 Å². The van der Waals surface area contributed by atoms with E-state index in [9.17, 15) is 9.59 Å². The summed E-state index contributed by atoms with van der Waals surface area (Å²) in [6.07, 6.45) is 4.99. The second-order valence-corrected chi connectivity index (χ2v) is 5.84. The number of hydrogen-bond acceptors (Lipinski definition) is 4. The lowest BCUT2D eigenvalue weighted by Gasteiger charge is -2.11. The van der Waals surface area contributed by atoms with Crippen molar-refractivity contribution in [3.63, 3.8) is 0 Å². The van der Waals surface area contributed by atoms with Gasteiger partial charge in [0.25, 0.3) is 0 Å². The van der Waals surface area contributed by atoms with Gasteiger partial charge in [-0.2, -0.15) is 0 Å². The van der Waals surface area contributed by atoms with E-state index in [0.29, 0.717) is 11.3 Å². The molecule has 0 saturated carbocycles. The molecule has 5 nitrogen and oxygen atoms in total. The molecule has 5 heteroatoms. The number of aryl methyl sites for hydroxylation is 1. The van der Waals surface area contributed by atoms with Crippen molar-refractivity contribution in [2.75, 3.05) is 0 Å². The number of hydrogen-bond donors (Lipinski definition) is 0. The Hall–Kier alpha value is -2.95. The van der Waals surface area contributed by atoms with Gasteiger partial charge in [0, 0.05) is 6.42 Å².